The van der Waals surface area contributed by atoms with E-state index in [1.807, 2.05) is 11.8 Å². The van der Waals surface area contributed by atoms with Crippen molar-refractivity contribution in [2.75, 3.05) is 31.8 Å². The molecule has 14 heavy (non-hydrogen) atoms. The molecule has 0 bridgehead atoms. The van der Waals surface area contributed by atoms with Crippen LogP contribution in [0.2, 0.25) is 0 Å². The van der Waals surface area contributed by atoms with Gasteiger partial charge in [-0.15, -0.1) is 0 Å². The first-order valence-corrected chi connectivity index (χ1v) is 6.59. The zero-order valence-electron chi connectivity index (χ0n) is 10.1. The molecule has 0 aromatic heterocycles. The van der Waals surface area contributed by atoms with E-state index in [0.29, 0.717) is 5.54 Å². The maximum Gasteiger partial charge on any atom is 0.0470 e. The number of hydrogen-bond donors (Lipinski definition) is 1. The zero-order valence-corrected chi connectivity index (χ0v) is 10.9. The molecule has 0 aliphatic rings. The molecule has 0 aliphatic carbocycles. The van der Waals surface area contributed by atoms with Crippen molar-refractivity contribution in [2.24, 2.45) is 0 Å². The van der Waals surface area contributed by atoms with Crippen molar-refractivity contribution in [1.29, 1.82) is 0 Å². The van der Waals surface area contributed by atoms with Crippen LogP contribution in [0.3, 0.4) is 0 Å². The number of methoxy groups -OCH3 is 1. The van der Waals surface area contributed by atoms with E-state index in [-0.39, 0.29) is 0 Å². The Morgan fingerprint density at radius 3 is 2.57 bits per heavy atom. The van der Waals surface area contributed by atoms with Crippen molar-refractivity contribution < 1.29 is 4.74 Å². The Bertz CT molecular complexity index is 128. The topological polar surface area (TPSA) is 21.3 Å². The summed E-state index contributed by atoms with van der Waals surface area (Å²) in [6.07, 6.45) is 2.35. The number of hydrogen-bond acceptors (Lipinski definition) is 3. The Labute approximate surface area is 93.2 Å². The van der Waals surface area contributed by atoms with Gasteiger partial charge in [-0.1, -0.05) is 6.92 Å². The van der Waals surface area contributed by atoms with E-state index >= 15 is 0 Å². The normalized spacial score (nSPS) is 12.0. The molecule has 0 unspecified atom stereocenters. The van der Waals surface area contributed by atoms with Gasteiger partial charge in [-0.2, -0.15) is 11.8 Å². The third-order valence-corrected chi connectivity index (χ3v) is 3.44. The van der Waals surface area contributed by atoms with Gasteiger partial charge in [-0.3, -0.25) is 0 Å². The monoisotopic (exact) mass is 219 g/mol. The van der Waals surface area contributed by atoms with E-state index in [1.165, 1.54) is 24.3 Å². The van der Waals surface area contributed by atoms with Crippen molar-refractivity contribution in [3.05, 3.63) is 0 Å². The molecule has 0 radical (unpaired) electrons. The fourth-order valence-corrected chi connectivity index (χ4v) is 1.77. The van der Waals surface area contributed by atoms with Gasteiger partial charge in [0.15, 0.2) is 0 Å². The van der Waals surface area contributed by atoms with Crippen molar-refractivity contribution in [3.8, 4) is 0 Å². The van der Waals surface area contributed by atoms with E-state index in [2.05, 4.69) is 26.1 Å². The molecule has 0 spiro atoms. The Morgan fingerprint density at radius 2 is 2.00 bits per heavy atom. The van der Waals surface area contributed by atoms with Crippen LogP contribution in [0.5, 0.6) is 0 Å². The molecule has 1 N–H and O–H groups in total. The van der Waals surface area contributed by atoms with Crippen molar-refractivity contribution in [2.45, 2.75) is 39.2 Å². The first kappa shape index (κ1) is 14.3. The number of rotatable bonds is 9. The smallest absolute Gasteiger partial charge is 0.0470 e. The zero-order chi connectivity index (χ0) is 10.9. The van der Waals surface area contributed by atoms with Crippen molar-refractivity contribution in [1.82, 2.24) is 5.32 Å². The van der Waals surface area contributed by atoms with Crippen LogP contribution in [0, 0.1) is 0 Å². The van der Waals surface area contributed by atoms with Gasteiger partial charge in [-0.05, 0) is 32.4 Å². The molecular weight excluding hydrogens is 194 g/mol. The Kier molecular flexibility index (Phi) is 8.73. The lowest BCUT2D eigenvalue weighted by atomic mass is 10.0. The van der Waals surface area contributed by atoms with Gasteiger partial charge in [0.25, 0.3) is 0 Å². The first-order valence-electron chi connectivity index (χ1n) is 5.44. The molecule has 0 amide bonds. The van der Waals surface area contributed by atoms with E-state index in [9.17, 15) is 0 Å². The van der Waals surface area contributed by atoms with Crippen LogP contribution in [-0.2, 0) is 4.74 Å². The lowest BCUT2D eigenvalue weighted by molar-refractivity contribution is 0.200. The summed E-state index contributed by atoms with van der Waals surface area (Å²) in [5.74, 6) is 2.41. The minimum Gasteiger partial charge on any atom is -0.385 e. The second-order valence-electron chi connectivity index (χ2n) is 4.12. The lowest BCUT2D eigenvalue weighted by Crippen LogP contribution is -2.39. The second kappa shape index (κ2) is 8.57. The predicted molar refractivity (Wildman–Crippen MR) is 66.2 cm³/mol. The average molecular weight is 219 g/mol. The molecular formula is C11H25NOS. The van der Waals surface area contributed by atoms with Crippen LogP contribution in [0.15, 0.2) is 0 Å². The highest BCUT2D eigenvalue weighted by Gasteiger charge is 2.12. The summed E-state index contributed by atoms with van der Waals surface area (Å²) < 4.78 is 4.99. The maximum absolute atomic E-state index is 4.99. The van der Waals surface area contributed by atoms with Crippen LogP contribution in [0.1, 0.15) is 33.6 Å². The summed E-state index contributed by atoms with van der Waals surface area (Å²) in [6.45, 7) is 8.73. The first-order chi connectivity index (χ1) is 6.62. The third-order valence-electron chi connectivity index (χ3n) is 2.37. The van der Waals surface area contributed by atoms with E-state index in [0.717, 1.165) is 13.2 Å². The molecule has 0 aromatic rings. The fourth-order valence-electron chi connectivity index (χ4n) is 0.994. The molecule has 0 aliphatic heterocycles. The minimum absolute atomic E-state index is 0.299. The number of thioether (sulfide) groups is 1. The standard InChI is InChI=1S/C11H25NOS/c1-5-11(2,3)12-7-10-14-9-6-8-13-4/h12H,5-10H2,1-4H3. The largest absolute Gasteiger partial charge is 0.385 e. The van der Waals surface area contributed by atoms with Gasteiger partial charge in [0, 0.05) is 31.6 Å². The maximum atomic E-state index is 4.99. The summed E-state index contributed by atoms with van der Waals surface area (Å²) in [5.41, 5.74) is 0.299. The van der Waals surface area contributed by atoms with Crippen molar-refractivity contribution >= 4 is 11.8 Å². The highest BCUT2D eigenvalue weighted by Crippen LogP contribution is 2.07. The molecule has 0 fully saturated rings. The van der Waals surface area contributed by atoms with E-state index < -0.39 is 0 Å². The summed E-state index contributed by atoms with van der Waals surface area (Å²) in [4.78, 5) is 0. The summed E-state index contributed by atoms with van der Waals surface area (Å²) in [5, 5.41) is 3.55. The highest BCUT2D eigenvalue weighted by molar-refractivity contribution is 7.99. The average Bonchev–Trinajstić information content (AvgIpc) is 2.16. The molecule has 0 saturated heterocycles. The Hall–Kier alpha value is 0.270. The van der Waals surface area contributed by atoms with Gasteiger partial charge in [0.05, 0.1) is 0 Å². The van der Waals surface area contributed by atoms with Crippen LogP contribution in [0.25, 0.3) is 0 Å². The highest BCUT2D eigenvalue weighted by atomic mass is 32.2. The summed E-state index contributed by atoms with van der Waals surface area (Å²) in [6, 6.07) is 0. The summed E-state index contributed by atoms with van der Waals surface area (Å²) >= 11 is 2.00. The predicted octanol–water partition coefficient (Wildman–Crippen LogP) is 2.53. The fraction of sp³-hybridized carbons (Fsp3) is 1.00. The SMILES string of the molecule is CCC(C)(C)NCCSCCCOC. The van der Waals surface area contributed by atoms with Crippen LogP contribution >= 0.6 is 11.8 Å². The van der Waals surface area contributed by atoms with Crippen LogP contribution in [0.4, 0.5) is 0 Å². The van der Waals surface area contributed by atoms with Crippen molar-refractivity contribution in [3.63, 3.8) is 0 Å². The molecule has 0 saturated carbocycles. The third kappa shape index (κ3) is 8.85. The molecule has 3 heteroatoms. The van der Waals surface area contributed by atoms with Gasteiger partial charge in [0.2, 0.25) is 0 Å². The molecule has 0 heterocycles. The van der Waals surface area contributed by atoms with Crippen LogP contribution in [-0.4, -0.2) is 37.3 Å². The van der Waals surface area contributed by atoms with Gasteiger partial charge in [0.1, 0.15) is 0 Å². The Balaban J connectivity index is 3.13. The summed E-state index contributed by atoms with van der Waals surface area (Å²) in [7, 11) is 1.76. The molecule has 0 rings (SSSR count). The quantitative estimate of drug-likeness (QED) is 0.602. The van der Waals surface area contributed by atoms with Crippen LogP contribution < -0.4 is 5.32 Å². The lowest BCUT2D eigenvalue weighted by Gasteiger charge is -2.24. The minimum atomic E-state index is 0.299. The number of nitrogens with one attached hydrogen (secondary N) is 1. The van der Waals surface area contributed by atoms with Gasteiger partial charge >= 0.3 is 0 Å². The second-order valence-corrected chi connectivity index (χ2v) is 5.35. The Morgan fingerprint density at radius 1 is 1.29 bits per heavy atom. The van der Waals surface area contributed by atoms with Gasteiger partial charge < -0.3 is 10.1 Å². The van der Waals surface area contributed by atoms with Gasteiger partial charge in [-0.25, -0.2) is 0 Å². The molecule has 0 atom stereocenters. The molecule has 2 nitrogen and oxygen atoms in total. The molecule has 0 aromatic carbocycles. The van der Waals surface area contributed by atoms with E-state index in [4.69, 9.17) is 4.74 Å². The number of ether oxygens (including phenoxy) is 1. The molecule has 86 valence electrons. The van der Waals surface area contributed by atoms with E-state index in [1.54, 1.807) is 7.11 Å².